The maximum Gasteiger partial charge on any atom is 0.187 e. The molecular weight excluding hydrogens is 929 g/mol. The van der Waals surface area contributed by atoms with Crippen LogP contribution in [0.2, 0.25) is 0 Å². The number of nitriles is 1. The Labute approximate surface area is 437 Å². The second-order valence-corrected chi connectivity index (χ2v) is 21.8. The third kappa shape index (κ3) is 5.47. The zero-order valence-corrected chi connectivity index (χ0v) is 42.1. The Kier molecular flexibility index (Phi) is 8.34. The number of benzene rings is 12. The summed E-state index contributed by atoms with van der Waals surface area (Å²) < 4.78 is 14.3. The molecule has 356 valence electrons. The van der Waals surface area contributed by atoms with Gasteiger partial charge in [-0.25, -0.2) is 4.85 Å². The molecule has 0 bridgehead atoms. The number of para-hydroxylation sites is 2. The molecule has 0 atom stereocenters. The predicted octanol–water partition coefficient (Wildman–Crippen LogP) is 19.9. The third-order valence-corrected chi connectivity index (χ3v) is 17.2. The van der Waals surface area contributed by atoms with Crippen LogP contribution in [0.5, 0.6) is 0 Å². The van der Waals surface area contributed by atoms with E-state index in [1.54, 1.807) is 0 Å². The summed E-state index contributed by atoms with van der Waals surface area (Å²) in [7, 11) is 0. The summed E-state index contributed by atoms with van der Waals surface area (Å²) in [5.74, 6) is 0. The van der Waals surface area contributed by atoms with Crippen molar-refractivity contribution in [2.75, 3.05) is 9.80 Å². The van der Waals surface area contributed by atoms with E-state index in [2.05, 4.69) is 230 Å². The molecule has 2 aliphatic heterocycles. The van der Waals surface area contributed by atoms with Gasteiger partial charge in [0.05, 0.1) is 52.3 Å². The van der Waals surface area contributed by atoms with E-state index in [1.807, 2.05) is 12.1 Å². The van der Waals surface area contributed by atoms with Crippen LogP contribution in [-0.4, -0.2) is 0 Å². The number of hydrogen-bond donors (Lipinski definition) is 0. The highest BCUT2D eigenvalue weighted by atomic mass is 16.3. The molecule has 6 nitrogen and oxygen atoms in total. The first-order valence-electron chi connectivity index (χ1n) is 25.9. The third-order valence-electron chi connectivity index (χ3n) is 17.2. The van der Waals surface area contributed by atoms with Gasteiger partial charge in [0.2, 0.25) is 0 Å². The normalized spacial score (nSPS) is 14.4. The Morgan fingerprint density at radius 1 is 0.408 bits per heavy atom. The summed E-state index contributed by atoms with van der Waals surface area (Å²) in [5.41, 5.74) is 14.2. The van der Waals surface area contributed by atoms with Crippen molar-refractivity contribution < 1.29 is 8.83 Å². The molecule has 0 fully saturated rings. The topological polar surface area (TPSA) is 60.9 Å². The smallest absolute Gasteiger partial charge is 0.187 e. The molecule has 76 heavy (non-hydrogen) atoms. The van der Waals surface area contributed by atoms with Gasteiger partial charge in [0.15, 0.2) is 16.9 Å². The van der Waals surface area contributed by atoms with Crippen LogP contribution in [0.1, 0.15) is 55.5 Å². The minimum absolute atomic E-state index is 0.394. The van der Waals surface area contributed by atoms with Crippen LogP contribution in [0, 0.1) is 17.9 Å². The summed E-state index contributed by atoms with van der Waals surface area (Å²) in [4.78, 5) is 8.87. The molecule has 0 spiro atoms. The average Bonchev–Trinajstić information content (AvgIpc) is 4.19. The van der Waals surface area contributed by atoms with Gasteiger partial charge in [-0.2, -0.15) is 5.26 Å². The second kappa shape index (κ2) is 14.9. The van der Waals surface area contributed by atoms with E-state index in [1.165, 1.54) is 11.1 Å². The molecule has 0 unspecified atom stereocenters. The molecular formula is C70H44N4O2. The molecule has 0 radical (unpaired) electrons. The first kappa shape index (κ1) is 42.6. The van der Waals surface area contributed by atoms with E-state index in [0.29, 0.717) is 11.3 Å². The Balaban J connectivity index is 1.04. The molecule has 16 rings (SSSR count). The SMILES string of the molecule is [C-]#[N+]c1ccc2c(c1)c(N1c3ccccc3C(C)(C)c3ccc4c(oc5ccc6ccccc6c54)c31)cc1c3ccc(C#N)cc3c(N3c4ccccc4C(C)(C)c4ccc5c(oc6ccc7ccccc7c65)c43)cc21. The molecule has 0 saturated heterocycles. The molecule has 0 saturated carbocycles. The van der Waals surface area contributed by atoms with Crippen molar-refractivity contribution in [2.45, 2.75) is 38.5 Å². The number of furan rings is 2. The lowest BCUT2D eigenvalue weighted by atomic mass is 9.73. The van der Waals surface area contributed by atoms with E-state index < -0.39 is 10.8 Å². The zero-order valence-electron chi connectivity index (χ0n) is 42.1. The molecule has 14 aromatic rings. The van der Waals surface area contributed by atoms with Crippen molar-refractivity contribution in [3.8, 4) is 6.07 Å². The highest BCUT2D eigenvalue weighted by Gasteiger charge is 2.42. The van der Waals surface area contributed by atoms with Gasteiger partial charge < -0.3 is 18.6 Å². The molecule has 0 aliphatic carbocycles. The van der Waals surface area contributed by atoms with E-state index in [-0.39, 0.29) is 0 Å². The molecule has 0 amide bonds. The van der Waals surface area contributed by atoms with Crippen molar-refractivity contribution in [1.29, 1.82) is 5.26 Å². The monoisotopic (exact) mass is 972 g/mol. The second-order valence-electron chi connectivity index (χ2n) is 21.8. The van der Waals surface area contributed by atoms with Gasteiger partial charge in [0.25, 0.3) is 0 Å². The fourth-order valence-corrected chi connectivity index (χ4v) is 13.6. The molecule has 4 heterocycles. The average molecular weight is 973 g/mol. The summed E-state index contributed by atoms with van der Waals surface area (Å²) in [6.07, 6.45) is 0. The largest absolute Gasteiger partial charge is 0.454 e. The minimum Gasteiger partial charge on any atom is -0.454 e. The molecule has 6 heteroatoms. The van der Waals surface area contributed by atoms with Gasteiger partial charge in [-0.05, 0) is 125 Å². The minimum atomic E-state index is -0.395. The predicted molar refractivity (Wildman–Crippen MR) is 313 cm³/mol. The van der Waals surface area contributed by atoms with Gasteiger partial charge in [-0.15, -0.1) is 0 Å². The van der Waals surface area contributed by atoms with Crippen molar-refractivity contribution in [3.63, 3.8) is 0 Å². The number of anilines is 6. The van der Waals surface area contributed by atoms with Gasteiger partial charge in [-0.1, -0.05) is 167 Å². The van der Waals surface area contributed by atoms with Crippen molar-refractivity contribution in [2.24, 2.45) is 0 Å². The van der Waals surface area contributed by atoms with Crippen LogP contribution >= 0.6 is 0 Å². The van der Waals surface area contributed by atoms with E-state index in [4.69, 9.17) is 15.4 Å². The summed E-state index contributed by atoms with van der Waals surface area (Å²) >= 11 is 0. The number of hydrogen-bond acceptors (Lipinski definition) is 5. The summed E-state index contributed by atoms with van der Waals surface area (Å²) in [5, 5.41) is 25.5. The van der Waals surface area contributed by atoms with Crippen molar-refractivity contribution >= 4 is 138 Å². The highest BCUT2D eigenvalue weighted by molar-refractivity contribution is 6.28. The van der Waals surface area contributed by atoms with Crippen LogP contribution < -0.4 is 9.80 Å². The fourth-order valence-electron chi connectivity index (χ4n) is 13.6. The van der Waals surface area contributed by atoms with Gasteiger partial charge in [0.1, 0.15) is 11.2 Å². The lowest BCUT2D eigenvalue weighted by molar-refractivity contribution is 0.624. The first-order valence-corrected chi connectivity index (χ1v) is 25.9. The maximum absolute atomic E-state index is 10.7. The Hall–Kier alpha value is -9.88. The molecule has 2 aliphatic rings. The standard InChI is InChI=1S/C70H44N4O2/c1-69(2)53-18-10-12-20-57(53)73(65-55(69)30-28-47-63-43-16-8-6-14-40(43)23-32-61(63)75-67(47)65)59-36-50-46-27-25-42(72-5)35-52(46)60(37-49(50)45-26-22-39(38-71)34-51(45)59)74-58-21-13-11-19-54(58)70(3,4)56-31-29-48-64-44-17-9-7-15-41(44)24-33-62(64)76-68(48)66(56)74/h6-37H,1-4H3. The van der Waals surface area contributed by atoms with Crippen LogP contribution in [0.25, 0.3) is 103 Å². The van der Waals surface area contributed by atoms with Gasteiger partial charge >= 0.3 is 0 Å². The maximum atomic E-state index is 10.7. The summed E-state index contributed by atoms with van der Waals surface area (Å²) in [6.45, 7) is 17.6. The zero-order chi connectivity index (χ0) is 50.9. The van der Waals surface area contributed by atoms with Crippen LogP contribution in [0.4, 0.5) is 39.8 Å². The Bertz CT molecular complexity index is 4740. The fraction of sp³-hybridized carbons (Fsp3) is 0.0857. The molecule has 2 aromatic heterocycles. The number of nitrogens with zero attached hydrogens (tertiary/aromatic N) is 4. The Morgan fingerprint density at radius 2 is 0.868 bits per heavy atom. The van der Waals surface area contributed by atoms with Crippen LogP contribution in [0.3, 0.4) is 0 Å². The highest BCUT2D eigenvalue weighted by Crippen LogP contribution is 2.60. The number of fused-ring (bicyclic) bond motifs is 21. The van der Waals surface area contributed by atoms with E-state index >= 15 is 0 Å². The number of rotatable bonds is 2. The van der Waals surface area contributed by atoms with E-state index in [0.717, 1.165) is 143 Å². The Morgan fingerprint density at radius 3 is 1.38 bits per heavy atom. The molecule has 12 aromatic carbocycles. The van der Waals surface area contributed by atoms with Crippen LogP contribution in [0.15, 0.2) is 203 Å². The van der Waals surface area contributed by atoms with Gasteiger partial charge in [0, 0.05) is 37.8 Å². The molecule has 0 N–H and O–H groups in total. The van der Waals surface area contributed by atoms with E-state index in [9.17, 15) is 5.26 Å². The summed E-state index contributed by atoms with van der Waals surface area (Å²) in [6, 6.07) is 71.5. The lowest BCUT2D eigenvalue weighted by Crippen LogP contribution is -2.31. The van der Waals surface area contributed by atoms with Crippen molar-refractivity contribution in [3.05, 3.63) is 233 Å². The van der Waals surface area contributed by atoms with Gasteiger partial charge in [-0.3, -0.25) is 0 Å². The lowest BCUT2D eigenvalue weighted by Gasteiger charge is -2.42. The van der Waals surface area contributed by atoms with Crippen molar-refractivity contribution in [1.82, 2.24) is 0 Å². The quantitative estimate of drug-likeness (QED) is 0.128. The van der Waals surface area contributed by atoms with Crippen LogP contribution in [-0.2, 0) is 10.8 Å². The first-order chi connectivity index (χ1) is 37.1.